The summed E-state index contributed by atoms with van der Waals surface area (Å²) in [6.45, 7) is 0.156. The molecule has 0 unspecified atom stereocenters. The molecule has 0 fully saturated rings. The number of hydrogen-bond donors (Lipinski definition) is 1. The molecule has 0 atom stereocenters. The maximum Gasteiger partial charge on any atom is 0.416 e. The lowest BCUT2D eigenvalue weighted by atomic mass is 10.0. The molecular formula is C14H11F3N2O. The molecule has 20 heavy (non-hydrogen) atoms. The molecule has 1 aromatic heterocycles. The number of carbonyl (C=O) groups is 1. The van der Waals surface area contributed by atoms with Gasteiger partial charge >= 0.3 is 6.18 Å². The van der Waals surface area contributed by atoms with Crippen LogP contribution >= 0.6 is 0 Å². The molecule has 0 radical (unpaired) electrons. The third kappa shape index (κ3) is 3.03. The minimum absolute atomic E-state index is 0.0194. The summed E-state index contributed by atoms with van der Waals surface area (Å²) in [5.74, 6) is -0.492. The van der Waals surface area contributed by atoms with E-state index in [2.05, 4.69) is 4.98 Å². The van der Waals surface area contributed by atoms with Gasteiger partial charge < -0.3 is 5.73 Å². The second kappa shape index (κ2) is 5.42. The molecule has 2 aromatic rings. The van der Waals surface area contributed by atoms with Crippen molar-refractivity contribution in [3.63, 3.8) is 0 Å². The smallest absolute Gasteiger partial charge is 0.325 e. The number of benzene rings is 1. The Morgan fingerprint density at radius 3 is 2.50 bits per heavy atom. The van der Waals surface area contributed by atoms with E-state index in [9.17, 15) is 18.0 Å². The van der Waals surface area contributed by atoms with Gasteiger partial charge in [-0.1, -0.05) is 12.1 Å². The predicted octanol–water partition coefficient (Wildman–Crippen LogP) is 2.79. The molecule has 0 aliphatic carbocycles. The van der Waals surface area contributed by atoms with Crippen LogP contribution in [0.2, 0.25) is 0 Å². The number of pyridine rings is 1. The average Bonchev–Trinajstić information content (AvgIpc) is 2.46. The van der Waals surface area contributed by atoms with Crippen molar-refractivity contribution >= 4 is 5.78 Å². The summed E-state index contributed by atoms with van der Waals surface area (Å²) in [7, 11) is 0. The second-order valence-corrected chi connectivity index (χ2v) is 4.15. The van der Waals surface area contributed by atoms with Gasteiger partial charge in [0.25, 0.3) is 0 Å². The normalized spacial score (nSPS) is 11.4. The highest BCUT2D eigenvalue weighted by Crippen LogP contribution is 2.29. The maximum absolute atomic E-state index is 12.6. The molecule has 2 rings (SSSR count). The van der Waals surface area contributed by atoms with Crippen molar-refractivity contribution in [3.05, 3.63) is 65.0 Å². The molecule has 6 heteroatoms. The lowest BCUT2D eigenvalue weighted by Crippen LogP contribution is -2.09. The number of alkyl halides is 3. The predicted molar refractivity (Wildman–Crippen MR) is 67.0 cm³/mol. The quantitative estimate of drug-likeness (QED) is 0.879. The maximum atomic E-state index is 12.6. The van der Waals surface area contributed by atoms with E-state index in [4.69, 9.17) is 5.73 Å². The minimum Gasteiger partial charge on any atom is -0.325 e. The molecule has 3 nitrogen and oxygen atoms in total. The van der Waals surface area contributed by atoms with Crippen molar-refractivity contribution in [2.75, 3.05) is 0 Å². The van der Waals surface area contributed by atoms with E-state index >= 15 is 0 Å². The average molecular weight is 280 g/mol. The molecule has 1 heterocycles. The Bertz CT molecular complexity index is 638. The van der Waals surface area contributed by atoms with Crippen LogP contribution in [0.5, 0.6) is 0 Å². The van der Waals surface area contributed by atoms with Crippen molar-refractivity contribution in [1.29, 1.82) is 0 Å². The highest BCUT2D eigenvalue weighted by molar-refractivity contribution is 6.09. The Morgan fingerprint density at radius 1 is 1.15 bits per heavy atom. The molecule has 0 saturated heterocycles. The summed E-state index contributed by atoms with van der Waals surface area (Å²) >= 11 is 0. The van der Waals surface area contributed by atoms with Crippen LogP contribution in [0.4, 0.5) is 13.2 Å². The highest BCUT2D eigenvalue weighted by atomic mass is 19.4. The van der Waals surface area contributed by atoms with Crippen LogP contribution < -0.4 is 5.73 Å². The summed E-state index contributed by atoms with van der Waals surface area (Å²) in [5.41, 5.74) is 5.31. The minimum atomic E-state index is -4.48. The first-order valence-electron chi connectivity index (χ1n) is 5.79. The molecule has 0 saturated carbocycles. The molecule has 1 aromatic carbocycles. The number of halogens is 3. The number of rotatable bonds is 3. The molecule has 0 spiro atoms. The molecule has 0 bridgehead atoms. The van der Waals surface area contributed by atoms with E-state index in [-0.39, 0.29) is 17.7 Å². The first-order valence-corrected chi connectivity index (χ1v) is 5.79. The zero-order chi connectivity index (χ0) is 14.8. The van der Waals surface area contributed by atoms with Crippen molar-refractivity contribution in [2.45, 2.75) is 12.7 Å². The number of nitrogens with two attached hydrogens (primary N) is 1. The van der Waals surface area contributed by atoms with E-state index in [1.54, 1.807) is 0 Å². The van der Waals surface area contributed by atoms with Gasteiger partial charge in [-0.05, 0) is 24.3 Å². The van der Waals surface area contributed by atoms with E-state index < -0.39 is 17.5 Å². The summed E-state index contributed by atoms with van der Waals surface area (Å²) in [6, 6.07) is 7.24. The first-order chi connectivity index (χ1) is 9.41. The topological polar surface area (TPSA) is 56.0 Å². The van der Waals surface area contributed by atoms with Crippen LogP contribution in [0.15, 0.2) is 42.6 Å². The van der Waals surface area contributed by atoms with Gasteiger partial charge in [-0.15, -0.1) is 0 Å². The molecular weight excluding hydrogens is 269 g/mol. The zero-order valence-electron chi connectivity index (χ0n) is 10.3. The standard InChI is InChI=1S/C14H11F3N2O/c15-14(16,17)11-3-1-2-9(6-11)13(20)10-4-5-19-12(7-10)8-18/h1-7H,8,18H2. The second-order valence-electron chi connectivity index (χ2n) is 4.15. The highest BCUT2D eigenvalue weighted by Gasteiger charge is 2.30. The Kier molecular flexibility index (Phi) is 3.85. The van der Waals surface area contributed by atoms with Gasteiger partial charge in [0.1, 0.15) is 0 Å². The third-order valence-electron chi connectivity index (χ3n) is 2.74. The Morgan fingerprint density at radius 2 is 1.85 bits per heavy atom. The lowest BCUT2D eigenvalue weighted by molar-refractivity contribution is -0.137. The van der Waals surface area contributed by atoms with Gasteiger partial charge in [0.15, 0.2) is 5.78 Å². The fraction of sp³-hybridized carbons (Fsp3) is 0.143. The zero-order valence-corrected chi connectivity index (χ0v) is 10.3. The van der Waals surface area contributed by atoms with E-state index in [1.807, 2.05) is 0 Å². The van der Waals surface area contributed by atoms with Gasteiger partial charge in [0, 0.05) is 23.9 Å². The van der Waals surface area contributed by atoms with Gasteiger partial charge in [-0.2, -0.15) is 13.2 Å². The number of hydrogen-bond acceptors (Lipinski definition) is 3. The number of carbonyl (C=O) groups excluding carboxylic acids is 1. The van der Waals surface area contributed by atoms with Crippen LogP contribution in [0.1, 0.15) is 27.2 Å². The monoisotopic (exact) mass is 280 g/mol. The van der Waals surface area contributed by atoms with Gasteiger partial charge in [-0.3, -0.25) is 9.78 Å². The van der Waals surface area contributed by atoms with Crippen molar-refractivity contribution in [3.8, 4) is 0 Å². The van der Waals surface area contributed by atoms with Crippen molar-refractivity contribution in [2.24, 2.45) is 5.73 Å². The van der Waals surface area contributed by atoms with Gasteiger partial charge in [-0.25, -0.2) is 0 Å². The fourth-order valence-corrected chi connectivity index (χ4v) is 1.73. The molecule has 0 amide bonds. The Balaban J connectivity index is 2.38. The number of nitrogens with zero attached hydrogens (tertiary/aromatic N) is 1. The van der Waals surface area contributed by atoms with Crippen LogP contribution in [-0.2, 0) is 12.7 Å². The number of aromatic nitrogens is 1. The van der Waals surface area contributed by atoms with Gasteiger partial charge in [0.05, 0.1) is 11.3 Å². The lowest BCUT2D eigenvalue weighted by Gasteiger charge is -2.08. The first kappa shape index (κ1) is 14.2. The van der Waals surface area contributed by atoms with Crippen LogP contribution in [-0.4, -0.2) is 10.8 Å². The summed E-state index contributed by atoms with van der Waals surface area (Å²) in [5, 5.41) is 0. The number of ketones is 1. The molecule has 0 aliphatic heterocycles. The van der Waals surface area contributed by atoms with E-state index in [0.717, 1.165) is 12.1 Å². The van der Waals surface area contributed by atoms with E-state index in [1.165, 1.54) is 30.5 Å². The summed E-state index contributed by atoms with van der Waals surface area (Å²) in [6.07, 6.45) is -3.07. The fourth-order valence-electron chi connectivity index (χ4n) is 1.73. The Hall–Kier alpha value is -2.21. The van der Waals surface area contributed by atoms with Gasteiger partial charge in [0.2, 0.25) is 0 Å². The third-order valence-corrected chi connectivity index (χ3v) is 2.74. The van der Waals surface area contributed by atoms with Crippen LogP contribution in [0, 0.1) is 0 Å². The van der Waals surface area contributed by atoms with E-state index in [0.29, 0.717) is 5.69 Å². The summed E-state index contributed by atoms with van der Waals surface area (Å²) < 4.78 is 37.8. The summed E-state index contributed by atoms with van der Waals surface area (Å²) in [4.78, 5) is 16.1. The molecule has 2 N–H and O–H groups in total. The molecule has 104 valence electrons. The van der Waals surface area contributed by atoms with Crippen LogP contribution in [0.25, 0.3) is 0 Å². The largest absolute Gasteiger partial charge is 0.416 e. The molecule has 0 aliphatic rings. The SMILES string of the molecule is NCc1cc(C(=O)c2cccc(C(F)(F)F)c2)ccn1. The van der Waals surface area contributed by atoms with Crippen molar-refractivity contribution < 1.29 is 18.0 Å². The van der Waals surface area contributed by atoms with Crippen molar-refractivity contribution in [1.82, 2.24) is 4.98 Å². The Labute approximate surface area is 113 Å². The van der Waals surface area contributed by atoms with Crippen LogP contribution in [0.3, 0.4) is 0 Å².